The Morgan fingerprint density at radius 1 is 0.846 bits per heavy atom. The zero-order chi connectivity index (χ0) is 18.9. The number of hydrogen-bond acceptors (Lipinski definition) is 4. The molecular formula is C20H25N3O3. The molecule has 0 saturated heterocycles. The quantitative estimate of drug-likeness (QED) is 0.671. The standard InChI is InChI=1S/C20H25N3O3/c1-4-19(24)22-16-5-7-17(8-6-16)23-20(25)13-21-15-9-11-18(12-10-15)26-14(2)3/h5-12,14,21H,4,13H2,1-3H3,(H,22,24)(H,23,25). The zero-order valence-corrected chi connectivity index (χ0v) is 15.3. The second-order valence-corrected chi connectivity index (χ2v) is 6.07. The van der Waals surface area contributed by atoms with Crippen LogP contribution in [0.4, 0.5) is 17.1 Å². The Hall–Kier alpha value is -3.02. The molecule has 2 amide bonds. The Kier molecular flexibility index (Phi) is 7.02. The minimum atomic E-state index is -0.155. The van der Waals surface area contributed by atoms with Crippen LogP contribution in [0.25, 0.3) is 0 Å². The van der Waals surface area contributed by atoms with Crippen LogP contribution < -0.4 is 20.7 Å². The monoisotopic (exact) mass is 355 g/mol. The molecule has 0 saturated carbocycles. The normalized spacial score (nSPS) is 10.3. The second-order valence-electron chi connectivity index (χ2n) is 6.07. The molecule has 0 unspecified atom stereocenters. The summed E-state index contributed by atoms with van der Waals surface area (Å²) in [5.74, 6) is 0.596. The van der Waals surface area contributed by atoms with E-state index in [1.165, 1.54) is 0 Å². The predicted octanol–water partition coefficient (Wildman–Crippen LogP) is 3.87. The molecule has 0 atom stereocenters. The number of amides is 2. The molecule has 2 aromatic carbocycles. The summed E-state index contributed by atoms with van der Waals surface area (Å²) in [6.07, 6.45) is 0.552. The largest absolute Gasteiger partial charge is 0.491 e. The van der Waals surface area contributed by atoms with Crippen molar-refractivity contribution in [2.45, 2.75) is 33.3 Å². The van der Waals surface area contributed by atoms with Crippen LogP contribution in [0.5, 0.6) is 5.75 Å². The van der Waals surface area contributed by atoms with Crippen molar-refractivity contribution in [2.24, 2.45) is 0 Å². The number of hydrogen-bond donors (Lipinski definition) is 3. The van der Waals surface area contributed by atoms with Gasteiger partial charge in [-0.1, -0.05) is 6.92 Å². The summed E-state index contributed by atoms with van der Waals surface area (Å²) in [6.45, 7) is 5.89. The van der Waals surface area contributed by atoms with E-state index in [0.29, 0.717) is 17.8 Å². The fourth-order valence-corrected chi connectivity index (χ4v) is 2.20. The van der Waals surface area contributed by atoms with Gasteiger partial charge in [-0.05, 0) is 62.4 Å². The number of anilines is 3. The van der Waals surface area contributed by atoms with Gasteiger partial charge in [-0.3, -0.25) is 9.59 Å². The second kappa shape index (κ2) is 9.46. The van der Waals surface area contributed by atoms with Gasteiger partial charge in [0, 0.05) is 23.5 Å². The highest BCUT2D eigenvalue weighted by Gasteiger charge is 2.04. The number of ether oxygens (including phenoxy) is 1. The fourth-order valence-electron chi connectivity index (χ4n) is 2.20. The van der Waals surface area contributed by atoms with Gasteiger partial charge < -0.3 is 20.7 Å². The van der Waals surface area contributed by atoms with Gasteiger partial charge in [0.2, 0.25) is 11.8 Å². The van der Waals surface area contributed by atoms with Crippen LogP contribution in [0, 0.1) is 0 Å². The molecule has 2 rings (SSSR count). The maximum Gasteiger partial charge on any atom is 0.243 e. The predicted molar refractivity (Wildman–Crippen MR) is 105 cm³/mol. The van der Waals surface area contributed by atoms with E-state index in [4.69, 9.17) is 4.74 Å². The molecule has 0 radical (unpaired) electrons. The fraction of sp³-hybridized carbons (Fsp3) is 0.300. The Morgan fingerprint density at radius 3 is 1.85 bits per heavy atom. The third-order valence-electron chi connectivity index (χ3n) is 3.45. The average Bonchev–Trinajstić information content (AvgIpc) is 2.62. The van der Waals surface area contributed by atoms with Crippen molar-refractivity contribution < 1.29 is 14.3 Å². The summed E-state index contributed by atoms with van der Waals surface area (Å²) < 4.78 is 5.58. The van der Waals surface area contributed by atoms with Gasteiger partial charge in [0.05, 0.1) is 12.6 Å². The molecule has 0 spiro atoms. The summed E-state index contributed by atoms with van der Waals surface area (Å²) in [6, 6.07) is 14.5. The van der Waals surface area contributed by atoms with E-state index in [-0.39, 0.29) is 24.5 Å². The van der Waals surface area contributed by atoms with E-state index in [2.05, 4.69) is 16.0 Å². The summed E-state index contributed by atoms with van der Waals surface area (Å²) in [5, 5.41) is 8.63. The van der Waals surface area contributed by atoms with E-state index >= 15 is 0 Å². The third-order valence-corrected chi connectivity index (χ3v) is 3.45. The van der Waals surface area contributed by atoms with Gasteiger partial charge in [0.25, 0.3) is 0 Å². The van der Waals surface area contributed by atoms with E-state index in [9.17, 15) is 9.59 Å². The molecule has 26 heavy (non-hydrogen) atoms. The molecule has 3 N–H and O–H groups in total. The van der Waals surface area contributed by atoms with Crippen LogP contribution >= 0.6 is 0 Å². The minimum Gasteiger partial charge on any atom is -0.491 e. The zero-order valence-electron chi connectivity index (χ0n) is 15.3. The Bertz CT molecular complexity index is 725. The molecule has 6 nitrogen and oxygen atoms in total. The molecular weight excluding hydrogens is 330 g/mol. The topological polar surface area (TPSA) is 79.5 Å². The Balaban J connectivity index is 1.80. The molecule has 6 heteroatoms. The first-order chi connectivity index (χ1) is 12.5. The molecule has 0 bridgehead atoms. The SMILES string of the molecule is CCC(=O)Nc1ccc(NC(=O)CNc2ccc(OC(C)C)cc2)cc1. The summed E-state index contributed by atoms with van der Waals surface area (Å²) in [7, 11) is 0. The van der Waals surface area contributed by atoms with Gasteiger partial charge in [-0.2, -0.15) is 0 Å². The maximum atomic E-state index is 12.0. The van der Waals surface area contributed by atoms with Crippen molar-refractivity contribution in [3.63, 3.8) is 0 Å². The van der Waals surface area contributed by atoms with Crippen LogP contribution in [0.1, 0.15) is 27.2 Å². The molecule has 0 aliphatic carbocycles. The number of nitrogens with one attached hydrogen (secondary N) is 3. The molecule has 2 aromatic rings. The van der Waals surface area contributed by atoms with Gasteiger partial charge in [-0.15, -0.1) is 0 Å². The first kappa shape index (κ1) is 19.3. The highest BCUT2D eigenvalue weighted by atomic mass is 16.5. The van der Waals surface area contributed by atoms with Crippen LogP contribution in [-0.2, 0) is 9.59 Å². The lowest BCUT2D eigenvalue weighted by molar-refractivity contribution is -0.116. The number of benzene rings is 2. The van der Waals surface area contributed by atoms with Crippen LogP contribution in [0.2, 0.25) is 0 Å². The molecule has 0 fully saturated rings. The lowest BCUT2D eigenvalue weighted by atomic mass is 10.2. The summed E-state index contributed by atoms with van der Waals surface area (Å²) >= 11 is 0. The van der Waals surface area contributed by atoms with Crippen molar-refractivity contribution in [3.8, 4) is 5.75 Å². The highest BCUT2D eigenvalue weighted by Crippen LogP contribution is 2.17. The van der Waals surface area contributed by atoms with Crippen molar-refractivity contribution in [1.29, 1.82) is 0 Å². The van der Waals surface area contributed by atoms with Gasteiger partial charge >= 0.3 is 0 Å². The molecule has 138 valence electrons. The van der Waals surface area contributed by atoms with Gasteiger partial charge in [0.1, 0.15) is 5.75 Å². The van der Waals surface area contributed by atoms with Crippen molar-refractivity contribution in [3.05, 3.63) is 48.5 Å². The molecule has 0 heterocycles. The third kappa shape index (κ3) is 6.47. The summed E-state index contributed by atoms with van der Waals surface area (Å²) in [4.78, 5) is 23.4. The molecule has 0 aliphatic rings. The van der Waals surface area contributed by atoms with Crippen LogP contribution in [0.15, 0.2) is 48.5 Å². The lowest BCUT2D eigenvalue weighted by Crippen LogP contribution is -2.21. The van der Waals surface area contributed by atoms with Gasteiger partial charge in [0.15, 0.2) is 0 Å². The smallest absolute Gasteiger partial charge is 0.243 e. The highest BCUT2D eigenvalue weighted by molar-refractivity contribution is 5.94. The number of rotatable bonds is 8. The van der Waals surface area contributed by atoms with Crippen LogP contribution in [0.3, 0.4) is 0 Å². The Morgan fingerprint density at radius 2 is 1.35 bits per heavy atom. The van der Waals surface area contributed by atoms with E-state index in [0.717, 1.165) is 11.4 Å². The first-order valence-electron chi connectivity index (χ1n) is 8.66. The lowest BCUT2D eigenvalue weighted by Gasteiger charge is -2.11. The minimum absolute atomic E-state index is 0.0456. The molecule has 0 aromatic heterocycles. The van der Waals surface area contributed by atoms with Crippen molar-refractivity contribution in [2.75, 3.05) is 22.5 Å². The van der Waals surface area contributed by atoms with Gasteiger partial charge in [-0.25, -0.2) is 0 Å². The van der Waals surface area contributed by atoms with Crippen molar-refractivity contribution >= 4 is 28.9 Å². The number of carbonyl (C=O) groups is 2. The van der Waals surface area contributed by atoms with E-state index in [1.807, 2.05) is 38.1 Å². The first-order valence-corrected chi connectivity index (χ1v) is 8.66. The number of carbonyl (C=O) groups excluding carboxylic acids is 2. The van der Waals surface area contributed by atoms with E-state index in [1.54, 1.807) is 31.2 Å². The maximum absolute atomic E-state index is 12.0. The molecule has 0 aliphatic heterocycles. The van der Waals surface area contributed by atoms with Crippen molar-refractivity contribution in [1.82, 2.24) is 0 Å². The van der Waals surface area contributed by atoms with Crippen LogP contribution in [-0.4, -0.2) is 24.5 Å². The Labute approximate surface area is 153 Å². The van der Waals surface area contributed by atoms with E-state index < -0.39 is 0 Å². The summed E-state index contributed by atoms with van der Waals surface area (Å²) in [5.41, 5.74) is 2.22. The average molecular weight is 355 g/mol.